The van der Waals surface area contributed by atoms with Crippen LogP contribution in [-0.2, 0) is 32.3 Å². The number of hydrogen-bond acceptors (Lipinski definition) is 8. The minimum Gasteiger partial charge on any atom is -0.481 e. The summed E-state index contributed by atoms with van der Waals surface area (Å²) in [6.45, 7) is 3.80. The van der Waals surface area contributed by atoms with Crippen molar-refractivity contribution in [2.24, 2.45) is 0 Å². The molecule has 2 bridgehead atoms. The lowest BCUT2D eigenvalue weighted by atomic mass is 10.1. The molecule has 11 heteroatoms. The first-order chi connectivity index (χ1) is 16.1. The third kappa shape index (κ3) is 8.81. The van der Waals surface area contributed by atoms with Gasteiger partial charge < -0.3 is 25.0 Å². The van der Waals surface area contributed by atoms with Crippen molar-refractivity contribution < 1.29 is 34.5 Å². The maximum absolute atomic E-state index is 12.0. The monoisotopic (exact) mass is 478 g/mol. The Morgan fingerprint density at radius 3 is 1.74 bits per heavy atom. The molecule has 2 rings (SSSR count). The molecule has 0 fully saturated rings. The molecule has 11 nitrogen and oxygen atoms in total. The largest absolute Gasteiger partial charge is 0.481 e. The average Bonchev–Trinajstić information content (AvgIpc) is 2.74. The minimum absolute atomic E-state index is 0.0156. The van der Waals surface area contributed by atoms with Gasteiger partial charge in [0.05, 0.1) is 11.4 Å². The van der Waals surface area contributed by atoms with E-state index in [1.54, 1.807) is 23.1 Å². The fourth-order valence-electron chi connectivity index (χ4n) is 4.05. The van der Waals surface area contributed by atoms with Crippen LogP contribution in [0, 0.1) is 0 Å². The van der Waals surface area contributed by atoms with E-state index in [2.05, 4.69) is 4.98 Å². The van der Waals surface area contributed by atoms with Crippen LogP contribution >= 0.6 is 0 Å². The lowest BCUT2D eigenvalue weighted by Gasteiger charge is -2.33. The quantitative estimate of drug-likeness (QED) is 0.437. The van der Waals surface area contributed by atoms with E-state index in [0.29, 0.717) is 37.6 Å². The molecule has 0 saturated carbocycles. The Morgan fingerprint density at radius 1 is 0.853 bits per heavy atom. The maximum atomic E-state index is 12.0. The minimum atomic E-state index is -1.08. The zero-order valence-corrected chi connectivity index (χ0v) is 19.7. The number of rotatable bonds is 10. The smallest absolute Gasteiger partial charge is 0.320 e. The molecule has 0 saturated heterocycles. The molecule has 34 heavy (non-hydrogen) atoms. The number of nitrogens with zero attached hydrogens (tertiary/aromatic N) is 4. The molecule has 2 unspecified atom stereocenters. The summed E-state index contributed by atoms with van der Waals surface area (Å²) in [5, 5.41) is 28.6. The van der Waals surface area contributed by atoms with Crippen molar-refractivity contribution in [3.05, 3.63) is 29.6 Å². The van der Waals surface area contributed by atoms with E-state index >= 15 is 0 Å². The molecular formula is C23H34N4O7. The zero-order chi connectivity index (χ0) is 25.3. The van der Waals surface area contributed by atoms with E-state index in [1.807, 2.05) is 16.8 Å². The molecule has 0 radical (unpaired) electrons. The maximum Gasteiger partial charge on any atom is 0.320 e. The number of likely N-dealkylation sites (N-methyl/N-ethyl adjacent to an activating group) is 1. The van der Waals surface area contributed by atoms with Crippen LogP contribution in [0.15, 0.2) is 18.2 Å². The van der Waals surface area contributed by atoms with Gasteiger partial charge in [-0.05, 0) is 38.9 Å². The third-order valence-electron chi connectivity index (χ3n) is 5.99. The van der Waals surface area contributed by atoms with Crippen LogP contribution in [0.4, 0.5) is 0 Å². The Morgan fingerprint density at radius 2 is 1.32 bits per heavy atom. The fourth-order valence-corrected chi connectivity index (χ4v) is 4.05. The topological polar surface area (TPSA) is 152 Å². The van der Waals surface area contributed by atoms with Gasteiger partial charge in [0.2, 0.25) is 0 Å². The van der Waals surface area contributed by atoms with Crippen LogP contribution < -0.4 is 0 Å². The predicted octanol–water partition coefficient (Wildman–Crippen LogP) is 0.771. The molecule has 0 amide bonds. The number of ketones is 1. The molecule has 0 aromatic carbocycles. The standard InChI is InChI=1S/C23H34N4O7/c1-16(28)6-7-19(22(31)32)26-12-10-25(2)11-13-27(20(23(33)34)8-9-21(29)30)15-18-5-3-4-17(14-26)24-18/h3-5,19-20H,6-15H2,1-2H3,(H,29,30)(H,31,32)(H,33,34). The molecule has 0 aliphatic carbocycles. The van der Waals surface area contributed by atoms with Crippen molar-refractivity contribution in [3.8, 4) is 0 Å². The predicted molar refractivity (Wildman–Crippen MR) is 122 cm³/mol. The van der Waals surface area contributed by atoms with E-state index < -0.39 is 30.0 Å². The molecule has 3 N–H and O–H groups in total. The van der Waals surface area contributed by atoms with Crippen molar-refractivity contribution in [1.29, 1.82) is 0 Å². The van der Waals surface area contributed by atoms with Crippen molar-refractivity contribution >= 4 is 23.7 Å². The molecule has 2 atom stereocenters. The van der Waals surface area contributed by atoms with Crippen LogP contribution in [0.3, 0.4) is 0 Å². The zero-order valence-electron chi connectivity index (χ0n) is 19.7. The second kappa shape index (κ2) is 13.1. The number of carboxylic acids is 3. The van der Waals surface area contributed by atoms with E-state index in [-0.39, 0.29) is 44.6 Å². The van der Waals surface area contributed by atoms with Crippen molar-refractivity contribution in [2.75, 3.05) is 33.2 Å². The highest BCUT2D eigenvalue weighted by Crippen LogP contribution is 2.17. The van der Waals surface area contributed by atoms with Gasteiger partial charge in [-0.15, -0.1) is 0 Å². The molecule has 188 valence electrons. The highest BCUT2D eigenvalue weighted by molar-refractivity contribution is 5.78. The van der Waals surface area contributed by atoms with E-state index in [9.17, 15) is 29.4 Å². The summed E-state index contributed by atoms with van der Waals surface area (Å²) < 4.78 is 0. The number of carboxylic acid groups (broad SMARTS) is 3. The second-order valence-electron chi connectivity index (χ2n) is 8.75. The second-order valence-corrected chi connectivity index (χ2v) is 8.75. The number of hydrogen-bond donors (Lipinski definition) is 3. The molecule has 1 aliphatic heterocycles. The van der Waals surface area contributed by atoms with Gasteiger partial charge in [-0.2, -0.15) is 0 Å². The van der Waals surface area contributed by atoms with Crippen molar-refractivity contribution in [2.45, 2.75) is 57.8 Å². The summed E-state index contributed by atoms with van der Waals surface area (Å²) in [5.41, 5.74) is 1.27. The molecular weight excluding hydrogens is 444 g/mol. The van der Waals surface area contributed by atoms with Crippen molar-refractivity contribution in [1.82, 2.24) is 19.7 Å². The first-order valence-corrected chi connectivity index (χ1v) is 11.3. The van der Waals surface area contributed by atoms with Crippen LogP contribution in [0.2, 0.25) is 0 Å². The highest BCUT2D eigenvalue weighted by atomic mass is 16.4. The summed E-state index contributed by atoms with van der Waals surface area (Å²) in [6.07, 6.45) is 0.130. The summed E-state index contributed by atoms with van der Waals surface area (Å²) in [7, 11) is 1.87. The number of aliphatic carboxylic acids is 3. The summed E-state index contributed by atoms with van der Waals surface area (Å²) in [6, 6.07) is 3.58. The molecule has 1 aromatic heterocycles. The number of Topliss-reactive ketones (excluding diaryl/α,β-unsaturated/α-hetero) is 1. The molecule has 2 heterocycles. The Bertz CT molecular complexity index is 813. The van der Waals surface area contributed by atoms with Crippen LogP contribution in [0.1, 0.15) is 44.0 Å². The SMILES string of the molecule is CC(=O)CCC(C(=O)O)N1CCN(C)CCN(C(CCC(=O)O)C(=O)O)Cc2cccc(n2)C1. The first kappa shape index (κ1) is 27.4. The average molecular weight is 479 g/mol. The lowest BCUT2D eigenvalue weighted by Crippen LogP contribution is -2.47. The Hall–Kier alpha value is -2.89. The summed E-state index contributed by atoms with van der Waals surface area (Å²) in [5.74, 6) is -3.17. The van der Waals surface area contributed by atoms with Crippen molar-refractivity contribution in [3.63, 3.8) is 0 Å². The van der Waals surface area contributed by atoms with E-state index in [4.69, 9.17) is 5.11 Å². The lowest BCUT2D eigenvalue weighted by molar-refractivity contribution is -0.145. The fraction of sp³-hybridized carbons (Fsp3) is 0.609. The van der Waals surface area contributed by atoms with Gasteiger partial charge in [-0.25, -0.2) is 0 Å². The van der Waals surface area contributed by atoms with Gasteiger partial charge in [-0.1, -0.05) is 6.07 Å². The number of carbonyl (C=O) groups is 4. The number of fused-ring (bicyclic) bond motifs is 2. The van der Waals surface area contributed by atoms with Crippen LogP contribution in [0.25, 0.3) is 0 Å². The Labute approximate surface area is 199 Å². The number of pyridine rings is 1. The molecule has 1 aliphatic rings. The molecule has 0 spiro atoms. The Kier molecular flexibility index (Phi) is 10.6. The van der Waals surface area contributed by atoms with Crippen LogP contribution in [-0.4, -0.2) is 104 Å². The summed E-state index contributed by atoms with van der Waals surface area (Å²) >= 11 is 0. The number of carbonyl (C=O) groups excluding carboxylic acids is 1. The van der Waals surface area contributed by atoms with E-state index in [0.717, 1.165) is 0 Å². The normalized spacial score (nSPS) is 18.3. The van der Waals surface area contributed by atoms with Gasteiger partial charge >= 0.3 is 17.9 Å². The van der Waals surface area contributed by atoms with E-state index in [1.165, 1.54) is 6.92 Å². The number of aromatic nitrogens is 1. The van der Waals surface area contributed by atoms with Gasteiger partial charge in [0.25, 0.3) is 0 Å². The van der Waals surface area contributed by atoms with Gasteiger partial charge in [0.15, 0.2) is 0 Å². The summed E-state index contributed by atoms with van der Waals surface area (Å²) in [4.78, 5) is 56.6. The van der Waals surface area contributed by atoms with Gasteiger partial charge in [-0.3, -0.25) is 29.2 Å². The van der Waals surface area contributed by atoms with Gasteiger partial charge in [0, 0.05) is 52.1 Å². The Balaban J connectivity index is 2.32. The molecule has 1 aromatic rings. The van der Waals surface area contributed by atoms with Gasteiger partial charge in [0.1, 0.15) is 17.9 Å². The first-order valence-electron chi connectivity index (χ1n) is 11.3. The third-order valence-corrected chi connectivity index (χ3v) is 5.99. The highest BCUT2D eigenvalue weighted by Gasteiger charge is 2.29. The van der Waals surface area contributed by atoms with Crippen LogP contribution in [0.5, 0.6) is 0 Å².